The van der Waals surface area contributed by atoms with Gasteiger partial charge >= 0.3 is 0 Å². The molecule has 0 aliphatic carbocycles. The Bertz CT molecular complexity index is 158. The molecule has 0 aromatic rings. The van der Waals surface area contributed by atoms with Crippen molar-refractivity contribution in [2.24, 2.45) is 0 Å². The molecule has 2 nitrogen and oxygen atoms in total. The summed E-state index contributed by atoms with van der Waals surface area (Å²) >= 11 is 5.18. The standard InChI is InChI=1S/C8H17O2PS/c1-4-7-9-11(12,6-3)10-8-5-2/h6H,3-5,7-8H2,1-2H3. The van der Waals surface area contributed by atoms with Gasteiger partial charge in [-0.25, -0.2) is 0 Å². The molecule has 72 valence electrons. The molecule has 0 aliphatic rings. The lowest BCUT2D eigenvalue weighted by Gasteiger charge is -2.17. The summed E-state index contributed by atoms with van der Waals surface area (Å²) in [6, 6.07) is 0. The maximum absolute atomic E-state index is 5.42. The normalized spacial score (nSPS) is 11.5. The van der Waals surface area contributed by atoms with Crippen molar-refractivity contribution in [3.63, 3.8) is 0 Å². The fourth-order valence-corrected chi connectivity index (χ4v) is 2.19. The van der Waals surface area contributed by atoms with E-state index in [0.29, 0.717) is 13.2 Å². The van der Waals surface area contributed by atoms with E-state index < -0.39 is 6.49 Å². The van der Waals surface area contributed by atoms with Crippen LogP contribution in [0.15, 0.2) is 12.4 Å². The van der Waals surface area contributed by atoms with Crippen molar-refractivity contribution in [2.45, 2.75) is 26.7 Å². The van der Waals surface area contributed by atoms with Crippen LogP contribution in [0.5, 0.6) is 0 Å². The molecule has 0 bridgehead atoms. The van der Waals surface area contributed by atoms with E-state index in [-0.39, 0.29) is 0 Å². The lowest BCUT2D eigenvalue weighted by molar-refractivity contribution is 0.253. The quantitative estimate of drug-likeness (QED) is 0.598. The molecule has 0 saturated heterocycles. The van der Waals surface area contributed by atoms with Crippen molar-refractivity contribution < 1.29 is 9.05 Å². The van der Waals surface area contributed by atoms with Crippen LogP contribution in [0, 0.1) is 0 Å². The molecule has 0 fully saturated rings. The lowest BCUT2D eigenvalue weighted by atomic mass is 10.5. The Balaban J connectivity index is 3.87. The summed E-state index contributed by atoms with van der Waals surface area (Å²) in [6.45, 7) is 6.91. The molecule has 0 unspecified atom stereocenters. The molecule has 4 heteroatoms. The van der Waals surface area contributed by atoms with Crippen LogP contribution in [-0.4, -0.2) is 13.2 Å². The van der Waals surface area contributed by atoms with E-state index in [9.17, 15) is 0 Å². The van der Waals surface area contributed by atoms with Crippen LogP contribution < -0.4 is 0 Å². The maximum atomic E-state index is 5.42. The van der Waals surface area contributed by atoms with Gasteiger partial charge in [0.2, 0.25) is 6.49 Å². The molecule has 0 rings (SSSR count). The molecule has 0 aliphatic heterocycles. The molecular formula is C8H17O2PS. The van der Waals surface area contributed by atoms with Gasteiger partial charge in [-0.15, -0.1) is 0 Å². The first-order valence-electron chi connectivity index (χ1n) is 4.21. The van der Waals surface area contributed by atoms with Crippen LogP contribution in [0.25, 0.3) is 0 Å². The van der Waals surface area contributed by atoms with Crippen LogP contribution in [0.1, 0.15) is 26.7 Å². The summed E-state index contributed by atoms with van der Waals surface area (Å²) in [7, 11) is 0. The summed E-state index contributed by atoms with van der Waals surface area (Å²) in [6.07, 6.45) is 1.92. The zero-order chi connectivity index (χ0) is 9.45. The molecule has 0 aromatic carbocycles. The Morgan fingerprint density at radius 2 is 1.67 bits per heavy atom. The van der Waals surface area contributed by atoms with E-state index in [0.717, 1.165) is 12.8 Å². The van der Waals surface area contributed by atoms with Crippen LogP contribution in [0.4, 0.5) is 0 Å². The zero-order valence-electron chi connectivity index (χ0n) is 7.78. The van der Waals surface area contributed by atoms with Crippen molar-refractivity contribution in [3.05, 3.63) is 12.4 Å². The van der Waals surface area contributed by atoms with E-state index in [1.165, 1.54) is 0 Å². The lowest BCUT2D eigenvalue weighted by Crippen LogP contribution is -1.95. The van der Waals surface area contributed by atoms with E-state index in [1.54, 1.807) is 5.82 Å². The number of hydrogen-bond acceptors (Lipinski definition) is 3. The van der Waals surface area contributed by atoms with Crippen LogP contribution >= 0.6 is 6.49 Å². The second-order valence-corrected chi connectivity index (χ2v) is 5.88. The average Bonchev–Trinajstić information content (AvgIpc) is 2.11. The zero-order valence-corrected chi connectivity index (χ0v) is 9.50. The Labute approximate surface area is 80.1 Å². The molecule has 0 atom stereocenters. The van der Waals surface area contributed by atoms with Crippen molar-refractivity contribution in [3.8, 4) is 0 Å². The third-order valence-electron chi connectivity index (χ3n) is 1.17. The first kappa shape index (κ1) is 12.3. The second kappa shape index (κ2) is 6.79. The fourth-order valence-electron chi connectivity index (χ4n) is 0.580. The van der Waals surface area contributed by atoms with E-state index >= 15 is 0 Å². The van der Waals surface area contributed by atoms with Crippen molar-refractivity contribution in [1.82, 2.24) is 0 Å². The van der Waals surface area contributed by atoms with Crippen LogP contribution in [0.3, 0.4) is 0 Å². The van der Waals surface area contributed by atoms with Gasteiger partial charge in [0.25, 0.3) is 0 Å². The highest BCUT2D eigenvalue weighted by Gasteiger charge is 2.12. The topological polar surface area (TPSA) is 18.5 Å². The Kier molecular flexibility index (Phi) is 6.96. The molecule has 0 amide bonds. The molecule has 0 N–H and O–H groups in total. The molecule has 12 heavy (non-hydrogen) atoms. The van der Waals surface area contributed by atoms with Gasteiger partial charge in [-0.1, -0.05) is 20.4 Å². The van der Waals surface area contributed by atoms with E-state index in [2.05, 4.69) is 6.58 Å². The Morgan fingerprint density at radius 3 is 1.92 bits per heavy atom. The first-order chi connectivity index (χ1) is 5.68. The summed E-state index contributed by atoms with van der Waals surface area (Å²) in [5.41, 5.74) is 0. The summed E-state index contributed by atoms with van der Waals surface area (Å²) in [5, 5.41) is 0. The molecule has 0 aromatic heterocycles. The highest BCUT2D eigenvalue weighted by atomic mass is 32.5. The highest BCUT2D eigenvalue weighted by Crippen LogP contribution is 2.49. The van der Waals surface area contributed by atoms with Gasteiger partial charge in [0.1, 0.15) is 0 Å². The minimum atomic E-state index is -2.14. The fraction of sp³-hybridized carbons (Fsp3) is 0.750. The van der Waals surface area contributed by atoms with Gasteiger partial charge in [0.05, 0.1) is 13.2 Å². The Hall–Kier alpha value is 0.310. The van der Waals surface area contributed by atoms with E-state index in [4.69, 9.17) is 20.9 Å². The van der Waals surface area contributed by atoms with Crippen molar-refractivity contribution in [2.75, 3.05) is 13.2 Å². The summed E-state index contributed by atoms with van der Waals surface area (Å²) < 4.78 is 10.8. The minimum Gasteiger partial charge on any atom is -0.326 e. The van der Waals surface area contributed by atoms with Gasteiger partial charge in [-0.05, 0) is 30.5 Å². The van der Waals surface area contributed by atoms with Crippen molar-refractivity contribution in [1.29, 1.82) is 0 Å². The Morgan fingerprint density at radius 1 is 1.25 bits per heavy atom. The van der Waals surface area contributed by atoms with Gasteiger partial charge in [-0.3, -0.25) is 0 Å². The third-order valence-corrected chi connectivity index (χ3v) is 3.79. The van der Waals surface area contributed by atoms with Crippen LogP contribution in [0.2, 0.25) is 0 Å². The predicted molar refractivity (Wildman–Crippen MR) is 57.0 cm³/mol. The molecule has 0 radical (unpaired) electrons. The van der Waals surface area contributed by atoms with Gasteiger partial charge < -0.3 is 9.05 Å². The largest absolute Gasteiger partial charge is 0.326 e. The predicted octanol–water partition coefficient (Wildman–Crippen LogP) is 3.29. The molecular weight excluding hydrogens is 191 g/mol. The van der Waals surface area contributed by atoms with Gasteiger partial charge in [-0.2, -0.15) is 0 Å². The average molecular weight is 208 g/mol. The molecule has 0 saturated carbocycles. The second-order valence-electron chi connectivity index (χ2n) is 2.39. The third kappa shape index (κ3) is 5.04. The highest BCUT2D eigenvalue weighted by molar-refractivity contribution is 8.11. The summed E-state index contributed by atoms with van der Waals surface area (Å²) in [5.74, 6) is 1.63. The van der Waals surface area contributed by atoms with Crippen molar-refractivity contribution >= 4 is 18.3 Å². The smallest absolute Gasteiger partial charge is 0.211 e. The van der Waals surface area contributed by atoms with Gasteiger partial charge in [0, 0.05) is 0 Å². The summed E-state index contributed by atoms with van der Waals surface area (Å²) in [4.78, 5) is 0. The molecule has 0 heterocycles. The first-order valence-corrected chi connectivity index (χ1v) is 6.91. The van der Waals surface area contributed by atoms with Crippen LogP contribution in [-0.2, 0) is 20.9 Å². The SMILES string of the molecule is C=CP(=S)(OCCC)OCCC. The van der Waals surface area contributed by atoms with Gasteiger partial charge in [0.15, 0.2) is 0 Å². The monoisotopic (exact) mass is 208 g/mol. The molecule has 0 spiro atoms. The maximum Gasteiger partial charge on any atom is 0.211 e. The van der Waals surface area contributed by atoms with E-state index in [1.807, 2.05) is 13.8 Å². The minimum absolute atomic E-state index is 0.660. The number of rotatable bonds is 7. The number of hydrogen-bond donors (Lipinski definition) is 0.